The van der Waals surface area contributed by atoms with Gasteiger partial charge in [-0.2, -0.15) is 0 Å². The summed E-state index contributed by atoms with van der Waals surface area (Å²) in [5.41, 5.74) is 2.26. The van der Waals surface area contributed by atoms with Crippen LogP contribution >= 0.6 is 11.3 Å². The molecular weight excluding hydrogens is 376 g/mol. The molecule has 0 bridgehead atoms. The third-order valence-electron chi connectivity index (χ3n) is 5.56. The molecule has 1 unspecified atom stereocenters. The van der Waals surface area contributed by atoms with Crippen LogP contribution in [0.4, 0.5) is 0 Å². The zero-order valence-electron chi connectivity index (χ0n) is 16.1. The number of benzene rings is 1. The van der Waals surface area contributed by atoms with Gasteiger partial charge in [0, 0.05) is 19.6 Å². The molecule has 1 saturated heterocycles. The molecule has 2 aromatic rings. The lowest BCUT2D eigenvalue weighted by Crippen LogP contribution is -2.49. The second kappa shape index (κ2) is 7.83. The largest absolute Gasteiger partial charge is 0.493 e. The van der Waals surface area contributed by atoms with E-state index in [2.05, 4.69) is 0 Å². The van der Waals surface area contributed by atoms with Crippen molar-refractivity contribution in [2.45, 2.75) is 31.8 Å². The Bertz CT molecular complexity index is 881. The van der Waals surface area contributed by atoms with Crippen LogP contribution in [-0.2, 0) is 17.8 Å². The number of ether oxygens (including phenoxy) is 2. The highest BCUT2D eigenvalue weighted by Crippen LogP contribution is 2.34. The molecule has 3 heterocycles. The van der Waals surface area contributed by atoms with Gasteiger partial charge in [-0.15, -0.1) is 11.3 Å². The molecule has 1 aromatic carbocycles. The molecule has 1 aromatic heterocycles. The summed E-state index contributed by atoms with van der Waals surface area (Å²) in [5.74, 6) is 1.40. The van der Waals surface area contributed by atoms with E-state index in [1.165, 1.54) is 16.9 Å². The van der Waals surface area contributed by atoms with Crippen LogP contribution in [0.15, 0.2) is 29.6 Å². The van der Waals surface area contributed by atoms with Crippen molar-refractivity contribution in [2.24, 2.45) is 0 Å². The van der Waals surface area contributed by atoms with Crippen LogP contribution in [0.25, 0.3) is 0 Å². The van der Waals surface area contributed by atoms with Crippen LogP contribution in [0.1, 0.15) is 33.6 Å². The molecule has 148 valence electrons. The van der Waals surface area contributed by atoms with Gasteiger partial charge in [-0.25, -0.2) is 0 Å². The number of hydrogen-bond donors (Lipinski definition) is 0. The Kier molecular flexibility index (Phi) is 5.26. The van der Waals surface area contributed by atoms with Crippen molar-refractivity contribution in [1.82, 2.24) is 9.80 Å². The molecule has 1 fully saturated rings. The SMILES string of the molecule is COc1cc2c(cc1OC)CN(C(=O)C1CCCN1C(=O)c1cccs1)CC2. The molecule has 28 heavy (non-hydrogen) atoms. The van der Waals surface area contributed by atoms with Crippen LogP contribution in [0, 0.1) is 0 Å². The minimum atomic E-state index is -0.365. The third kappa shape index (κ3) is 3.35. The summed E-state index contributed by atoms with van der Waals surface area (Å²) in [6.07, 6.45) is 2.36. The summed E-state index contributed by atoms with van der Waals surface area (Å²) in [6, 6.07) is 7.28. The van der Waals surface area contributed by atoms with Gasteiger partial charge in [-0.1, -0.05) is 6.07 Å². The normalized spacial score (nSPS) is 18.7. The van der Waals surface area contributed by atoms with Crippen molar-refractivity contribution in [1.29, 1.82) is 0 Å². The molecule has 7 heteroatoms. The van der Waals surface area contributed by atoms with Gasteiger partial charge in [0.1, 0.15) is 6.04 Å². The number of methoxy groups -OCH3 is 2. The Morgan fingerprint density at radius 3 is 2.54 bits per heavy atom. The lowest BCUT2D eigenvalue weighted by molar-refractivity contribution is -0.136. The highest BCUT2D eigenvalue weighted by Gasteiger charge is 2.38. The van der Waals surface area contributed by atoms with E-state index in [1.54, 1.807) is 19.1 Å². The van der Waals surface area contributed by atoms with E-state index in [4.69, 9.17) is 9.47 Å². The summed E-state index contributed by atoms with van der Waals surface area (Å²) in [4.78, 5) is 30.4. The van der Waals surface area contributed by atoms with Crippen LogP contribution in [0.5, 0.6) is 11.5 Å². The van der Waals surface area contributed by atoms with Gasteiger partial charge in [-0.3, -0.25) is 9.59 Å². The smallest absolute Gasteiger partial charge is 0.264 e. The van der Waals surface area contributed by atoms with Crippen molar-refractivity contribution < 1.29 is 19.1 Å². The van der Waals surface area contributed by atoms with E-state index in [0.717, 1.165) is 24.8 Å². The fraction of sp³-hybridized carbons (Fsp3) is 0.429. The number of nitrogens with zero attached hydrogens (tertiary/aromatic N) is 2. The predicted octanol–water partition coefficient (Wildman–Crippen LogP) is 2.95. The standard InChI is InChI=1S/C21H24N2O4S/c1-26-17-11-14-7-9-22(13-15(14)12-18(17)27-2)20(24)16-5-3-8-23(16)21(25)19-6-4-10-28-19/h4,6,10-12,16H,3,5,7-9,13H2,1-2H3. The molecule has 0 aliphatic carbocycles. The Labute approximate surface area is 168 Å². The first-order valence-electron chi connectivity index (χ1n) is 9.49. The van der Waals surface area contributed by atoms with Gasteiger partial charge in [0.05, 0.1) is 19.1 Å². The number of amides is 2. The van der Waals surface area contributed by atoms with Crippen LogP contribution in [0.2, 0.25) is 0 Å². The summed E-state index contributed by atoms with van der Waals surface area (Å²) >= 11 is 1.42. The third-order valence-corrected chi connectivity index (χ3v) is 6.42. The molecule has 0 radical (unpaired) electrons. The van der Waals surface area contributed by atoms with E-state index in [0.29, 0.717) is 36.0 Å². The molecule has 0 saturated carbocycles. The summed E-state index contributed by atoms with van der Waals surface area (Å²) in [7, 11) is 3.24. The van der Waals surface area contributed by atoms with E-state index in [1.807, 2.05) is 34.5 Å². The molecule has 2 amide bonds. The highest BCUT2D eigenvalue weighted by atomic mass is 32.1. The van der Waals surface area contributed by atoms with Crippen LogP contribution in [0.3, 0.4) is 0 Å². The van der Waals surface area contributed by atoms with E-state index in [9.17, 15) is 9.59 Å². The second-order valence-corrected chi connectivity index (χ2v) is 8.07. The van der Waals surface area contributed by atoms with E-state index >= 15 is 0 Å². The molecule has 4 rings (SSSR count). The maximum Gasteiger partial charge on any atom is 0.264 e. The zero-order valence-corrected chi connectivity index (χ0v) is 17.0. The molecule has 0 N–H and O–H groups in total. The van der Waals surface area contributed by atoms with Crippen molar-refractivity contribution in [2.75, 3.05) is 27.3 Å². The summed E-state index contributed by atoms with van der Waals surface area (Å²) in [6.45, 7) is 1.83. The number of likely N-dealkylation sites (tertiary alicyclic amines) is 1. The Hall–Kier alpha value is -2.54. The molecule has 1 atom stereocenters. The van der Waals surface area contributed by atoms with Gasteiger partial charge in [0.15, 0.2) is 11.5 Å². The Morgan fingerprint density at radius 2 is 1.86 bits per heavy atom. The maximum atomic E-state index is 13.3. The number of carbonyl (C=O) groups excluding carboxylic acids is 2. The van der Waals surface area contributed by atoms with Gasteiger partial charge in [0.25, 0.3) is 5.91 Å². The first-order valence-corrected chi connectivity index (χ1v) is 10.4. The molecule has 6 nitrogen and oxygen atoms in total. The summed E-state index contributed by atoms with van der Waals surface area (Å²) < 4.78 is 10.8. The number of thiophene rings is 1. The zero-order chi connectivity index (χ0) is 19.7. The number of hydrogen-bond acceptors (Lipinski definition) is 5. The molecule has 2 aliphatic heterocycles. The van der Waals surface area contributed by atoms with Crippen molar-refractivity contribution in [3.05, 3.63) is 45.6 Å². The van der Waals surface area contributed by atoms with E-state index < -0.39 is 0 Å². The predicted molar refractivity (Wildman–Crippen MR) is 107 cm³/mol. The van der Waals surface area contributed by atoms with E-state index in [-0.39, 0.29) is 17.9 Å². The van der Waals surface area contributed by atoms with Crippen LogP contribution < -0.4 is 9.47 Å². The minimum Gasteiger partial charge on any atom is -0.493 e. The van der Waals surface area contributed by atoms with Crippen molar-refractivity contribution in [3.8, 4) is 11.5 Å². The second-order valence-electron chi connectivity index (χ2n) is 7.12. The van der Waals surface area contributed by atoms with Gasteiger partial charge >= 0.3 is 0 Å². The minimum absolute atomic E-state index is 0.0327. The molecule has 0 spiro atoms. The van der Waals surface area contributed by atoms with Crippen molar-refractivity contribution >= 4 is 23.2 Å². The first-order chi connectivity index (χ1) is 13.6. The topological polar surface area (TPSA) is 59.1 Å². The van der Waals surface area contributed by atoms with Crippen molar-refractivity contribution in [3.63, 3.8) is 0 Å². The van der Waals surface area contributed by atoms with Gasteiger partial charge < -0.3 is 19.3 Å². The number of fused-ring (bicyclic) bond motifs is 1. The number of carbonyl (C=O) groups is 2. The fourth-order valence-electron chi connectivity index (χ4n) is 4.09. The quantitative estimate of drug-likeness (QED) is 0.792. The monoisotopic (exact) mass is 400 g/mol. The summed E-state index contributed by atoms with van der Waals surface area (Å²) in [5, 5.41) is 1.89. The highest BCUT2D eigenvalue weighted by molar-refractivity contribution is 7.12. The Balaban J connectivity index is 1.52. The number of rotatable bonds is 4. The lowest BCUT2D eigenvalue weighted by Gasteiger charge is -2.34. The average Bonchev–Trinajstić information content (AvgIpc) is 3.43. The fourth-order valence-corrected chi connectivity index (χ4v) is 4.77. The molecule has 2 aliphatic rings. The maximum absolute atomic E-state index is 13.3. The first kappa shape index (κ1) is 18.8. The lowest BCUT2D eigenvalue weighted by atomic mass is 9.98. The Morgan fingerprint density at radius 1 is 1.11 bits per heavy atom. The van der Waals surface area contributed by atoms with Gasteiger partial charge in [-0.05, 0) is 54.0 Å². The van der Waals surface area contributed by atoms with Gasteiger partial charge in [0.2, 0.25) is 5.91 Å². The molecular formula is C21H24N2O4S. The van der Waals surface area contributed by atoms with Crippen LogP contribution in [-0.4, -0.2) is 55.0 Å². The average molecular weight is 401 g/mol.